The topological polar surface area (TPSA) is 78.9 Å². The summed E-state index contributed by atoms with van der Waals surface area (Å²) in [6.07, 6.45) is 2.66. The Kier molecular flexibility index (Phi) is 4.54. The Bertz CT molecular complexity index is 315. The fourth-order valence-electron chi connectivity index (χ4n) is 2.52. The molecule has 2 aliphatic heterocycles. The summed E-state index contributed by atoms with van der Waals surface area (Å²) in [7, 11) is 0. The van der Waals surface area contributed by atoms with Crippen LogP contribution in [0.25, 0.3) is 0 Å². The van der Waals surface area contributed by atoms with Crippen LogP contribution in [-0.2, 0) is 14.3 Å². The molecule has 102 valence electrons. The van der Waals surface area contributed by atoms with E-state index in [1.807, 2.05) is 0 Å². The molecular weight excluding hydrogens is 236 g/mol. The van der Waals surface area contributed by atoms with Gasteiger partial charge >= 0.3 is 5.97 Å². The second-order valence-corrected chi connectivity index (χ2v) is 4.88. The van der Waals surface area contributed by atoms with Gasteiger partial charge in [-0.3, -0.25) is 9.59 Å². The number of hydrogen-bond donors (Lipinski definition) is 2. The molecule has 2 saturated heterocycles. The van der Waals surface area contributed by atoms with Crippen LogP contribution in [0.15, 0.2) is 0 Å². The first-order chi connectivity index (χ1) is 8.66. The van der Waals surface area contributed by atoms with Gasteiger partial charge in [0.15, 0.2) is 0 Å². The Morgan fingerprint density at radius 3 is 2.89 bits per heavy atom. The van der Waals surface area contributed by atoms with Gasteiger partial charge in [0.1, 0.15) is 0 Å². The summed E-state index contributed by atoms with van der Waals surface area (Å²) in [5, 5.41) is 12.0. The van der Waals surface area contributed by atoms with Crippen LogP contribution in [0.1, 0.15) is 25.7 Å². The van der Waals surface area contributed by atoms with Crippen molar-refractivity contribution in [3.63, 3.8) is 0 Å². The van der Waals surface area contributed by atoms with Gasteiger partial charge < -0.3 is 20.1 Å². The number of nitrogens with one attached hydrogen (secondary N) is 1. The summed E-state index contributed by atoms with van der Waals surface area (Å²) in [6, 6.07) is -0.0951. The molecule has 2 atom stereocenters. The number of carboxylic acid groups (broad SMARTS) is 1. The highest BCUT2D eigenvalue weighted by atomic mass is 16.5. The lowest BCUT2D eigenvalue weighted by Crippen LogP contribution is -2.54. The summed E-state index contributed by atoms with van der Waals surface area (Å²) in [5.74, 6) is -0.793. The summed E-state index contributed by atoms with van der Waals surface area (Å²) in [5.41, 5.74) is 0. The first kappa shape index (κ1) is 13.3. The first-order valence-corrected chi connectivity index (χ1v) is 6.52. The van der Waals surface area contributed by atoms with Crippen LogP contribution < -0.4 is 5.32 Å². The van der Waals surface area contributed by atoms with Gasteiger partial charge in [0.05, 0.1) is 25.2 Å². The van der Waals surface area contributed by atoms with Crippen molar-refractivity contribution < 1.29 is 19.4 Å². The van der Waals surface area contributed by atoms with E-state index in [1.165, 1.54) is 0 Å². The smallest absolute Gasteiger partial charge is 0.306 e. The number of ether oxygens (including phenoxy) is 1. The van der Waals surface area contributed by atoms with Crippen molar-refractivity contribution in [1.82, 2.24) is 10.2 Å². The molecule has 2 rings (SSSR count). The largest absolute Gasteiger partial charge is 0.481 e. The van der Waals surface area contributed by atoms with Gasteiger partial charge in [-0.25, -0.2) is 0 Å². The lowest BCUT2D eigenvalue weighted by Gasteiger charge is -2.35. The summed E-state index contributed by atoms with van der Waals surface area (Å²) in [6.45, 7) is 2.27. The molecule has 0 saturated carbocycles. The minimum atomic E-state index is -0.884. The third-order valence-corrected chi connectivity index (χ3v) is 3.46. The predicted octanol–water partition coefficient (Wildman–Crippen LogP) is -0.169. The summed E-state index contributed by atoms with van der Waals surface area (Å²) < 4.78 is 5.36. The van der Waals surface area contributed by atoms with E-state index in [-0.39, 0.29) is 24.5 Å². The molecule has 2 fully saturated rings. The van der Waals surface area contributed by atoms with Crippen molar-refractivity contribution >= 4 is 11.9 Å². The number of morpholine rings is 1. The molecule has 2 N–H and O–H groups in total. The van der Waals surface area contributed by atoms with Crippen molar-refractivity contribution in [2.45, 2.75) is 37.8 Å². The Balaban J connectivity index is 1.87. The van der Waals surface area contributed by atoms with Crippen LogP contribution in [0.3, 0.4) is 0 Å². The zero-order valence-electron chi connectivity index (χ0n) is 10.4. The molecule has 1 amide bonds. The Morgan fingerprint density at radius 2 is 2.22 bits per heavy atom. The van der Waals surface area contributed by atoms with E-state index < -0.39 is 5.97 Å². The zero-order valence-corrected chi connectivity index (χ0v) is 10.4. The molecule has 0 aliphatic carbocycles. The first-order valence-electron chi connectivity index (χ1n) is 6.52. The minimum absolute atomic E-state index is 0.0398. The average molecular weight is 256 g/mol. The maximum Gasteiger partial charge on any atom is 0.306 e. The molecule has 2 heterocycles. The summed E-state index contributed by atoms with van der Waals surface area (Å²) >= 11 is 0. The molecule has 0 bridgehead atoms. The molecule has 0 spiro atoms. The van der Waals surface area contributed by atoms with E-state index in [4.69, 9.17) is 9.84 Å². The van der Waals surface area contributed by atoms with Crippen LogP contribution in [0, 0.1) is 0 Å². The molecular formula is C12H20N2O4. The van der Waals surface area contributed by atoms with Gasteiger partial charge in [0.2, 0.25) is 5.91 Å². The highest BCUT2D eigenvalue weighted by Crippen LogP contribution is 2.14. The number of piperidine rings is 1. The fourth-order valence-corrected chi connectivity index (χ4v) is 2.52. The molecule has 18 heavy (non-hydrogen) atoms. The number of carbonyl (C=O) groups is 2. The van der Waals surface area contributed by atoms with E-state index in [0.29, 0.717) is 19.7 Å². The second kappa shape index (κ2) is 6.15. The highest BCUT2D eigenvalue weighted by Gasteiger charge is 2.30. The van der Waals surface area contributed by atoms with Crippen LogP contribution in [0.4, 0.5) is 0 Å². The SMILES string of the molecule is O=C(O)CC1CN(C(=O)[C@H]2CCCCN2)CCO1. The molecule has 0 aromatic heterocycles. The lowest BCUT2D eigenvalue weighted by atomic mass is 10.0. The predicted molar refractivity (Wildman–Crippen MR) is 64.2 cm³/mol. The van der Waals surface area contributed by atoms with Gasteiger partial charge in [-0.1, -0.05) is 6.42 Å². The molecule has 0 aromatic rings. The Hall–Kier alpha value is -1.14. The number of amides is 1. The van der Waals surface area contributed by atoms with E-state index in [0.717, 1.165) is 25.8 Å². The van der Waals surface area contributed by atoms with Crippen LogP contribution in [0.2, 0.25) is 0 Å². The quantitative estimate of drug-likeness (QED) is 0.733. The minimum Gasteiger partial charge on any atom is -0.481 e. The third kappa shape index (κ3) is 3.43. The van der Waals surface area contributed by atoms with Gasteiger partial charge in [-0.05, 0) is 19.4 Å². The number of hydrogen-bond acceptors (Lipinski definition) is 4. The van der Waals surface area contributed by atoms with Crippen molar-refractivity contribution in [2.75, 3.05) is 26.2 Å². The highest BCUT2D eigenvalue weighted by molar-refractivity contribution is 5.82. The number of carboxylic acids is 1. The number of nitrogens with zero attached hydrogens (tertiary/aromatic N) is 1. The fraction of sp³-hybridized carbons (Fsp3) is 0.833. The molecule has 6 heteroatoms. The lowest BCUT2D eigenvalue weighted by molar-refractivity contribution is -0.149. The maximum absolute atomic E-state index is 12.2. The maximum atomic E-state index is 12.2. The van der Waals surface area contributed by atoms with Crippen molar-refractivity contribution in [1.29, 1.82) is 0 Å². The molecule has 2 aliphatic rings. The number of carbonyl (C=O) groups excluding carboxylic acids is 1. The Labute approximate surface area is 106 Å². The number of aliphatic carboxylic acids is 1. The van der Waals surface area contributed by atoms with Crippen LogP contribution >= 0.6 is 0 Å². The van der Waals surface area contributed by atoms with E-state index in [9.17, 15) is 9.59 Å². The van der Waals surface area contributed by atoms with Crippen LogP contribution in [0.5, 0.6) is 0 Å². The summed E-state index contributed by atoms with van der Waals surface area (Å²) in [4.78, 5) is 24.6. The standard InChI is InChI=1S/C12H20N2O4/c15-11(16)7-9-8-14(5-6-18-9)12(17)10-3-1-2-4-13-10/h9-10,13H,1-8H2,(H,15,16)/t9?,10-/m1/s1. The molecule has 6 nitrogen and oxygen atoms in total. The van der Waals surface area contributed by atoms with E-state index in [2.05, 4.69) is 5.32 Å². The second-order valence-electron chi connectivity index (χ2n) is 4.88. The van der Waals surface area contributed by atoms with Crippen molar-refractivity contribution in [3.8, 4) is 0 Å². The third-order valence-electron chi connectivity index (χ3n) is 3.46. The van der Waals surface area contributed by atoms with Crippen molar-refractivity contribution in [2.24, 2.45) is 0 Å². The zero-order chi connectivity index (χ0) is 13.0. The normalized spacial score (nSPS) is 29.0. The average Bonchev–Trinajstić information content (AvgIpc) is 2.38. The van der Waals surface area contributed by atoms with E-state index in [1.54, 1.807) is 4.90 Å². The van der Waals surface area contributed by atoms with Crippen molar-refractivity contribution in [3.05, 3.63) is 0 Å². The molecule has 1 unspecified atom stereocenters. The molecule has 0 aromatic carbocycles. The van der Waals surface area contributed by atoms with Gasteiger partial charge in [0.25, 0.3) is 0 Å². The van der Waals surface area contributed by atoms with E-state index >= 15 is 0 Å². The van der Waals surface area contributed by atoms with Crippen LogP contribution in [-0.4, -0.2) is 60.3 Å². The van der Waals surface area contributed by atoms with Gasteiger partial charge in [-0.15, -0.1) is 0 Å². The van der Waals surface area contributed by atoms with Gasteiger partial charge in [0, 0.05) is 13.1 Å². The van der Waals surface area contributed by atoms with Gasteiger partial charge in [-0.2, -0.15) is 0 Å². The monoisotopic (exact) mass is 256 g/mol. The molecule has 0 radical (unpaired) electrons. The number of rotatable bonds is 3. The Morgan fingerprint density at radius 1 is 1.39 bits per heavy atom.